The van der Waals surface area contributed by atoms with Crippen molar-refractivity contribution in [3.63, 3.8) is 0 Å². The zero-order valence-corrected chi connectivity index (χ0v) is 13.8. The summed E-state index contributed by atoms with van der Waals surface area (Å²) in [6.07, 6.45) is 2.09. The van der Waals surface area contributed by atoms with Gasteiger partial charge in [0.2, 0.25) is 11.8 Å². The number of carbonyl (C=O) groups excluding carboxylic acids is 2. The molecule has 0 aliphatic carbocycles. The second-order valence-electron chi connectivity index (χ2n) is 5.30. The molecule has 22 heavy (non-hydrogen) atoms. The molecule has 1 heterocycles. The van der Waals surface area contributed by atoms with E-state index in [1.54, 1.807) is 29.3 Å². The molecule has 0 bridgehead atoms. The van der Waals surface area contributed by atoms with Crippen LogP contribution in [0.4, 0.5) is 0 Å². The number of hydrogen-bond donors (Lipinski definition) is 2. The fourth-order valence-corrected chi connectivity index (χ4v) is 2.64. The van der Waals surface area contributed by atoms with Crippen molar-refractivity contribution in [3.05, 3.63) is 45.6 Å². The fraction of sp³-hybridized carbons (Fsp3) is 0.333. The van der Waals surface area contributed by atoms with E-state index in [1.807, 2.05) is 14.1 Å². The topological polar surface area (TPSA) is 61.4 Å². The van der Waals surface area contributed by atoms with Gasteiger partial charge in [-0.2, -0.15) is 0 Å². The first-order valence-electron chi connectivity index (χ1n) is 6.76. The molecule has 0 aromatic heterocycles. The Bertz CT molecular complexity index is 629. The van der Waals surface area contributed by atoms with Gasteiger partial charge in [-0.3, -0.25) is 9.59 Å². The smallest absolute Gasteiger partial charge is 0.249 e. The first-order valence-corrected chi connectivity index (χ1v) is 7.52. The first-order chi connectivity index (χ1) is 10.4. The van der Waals surface area contributed by atoms with Crippen LogP contribution in [0.3, 0.4) is 0 Å². The van der Waals surface area contributed by atoms with Crippen molar-refractivity contribution in [2.24, 2.45) is 0 Å². The second-order valence-corrected chi connectivity index (χ2v) is 6.15. The lowest BCUT2D eigenvalue weighted by atomic mass is 10.1. The molecule has 5 nitrogen and oxygen atoms in total. The maximum atomic E-state index is 12.1. The highest BCUT2D eigenvalue weighted by Gasteiger charge is 2.31. The van der Waals surface area contributed by atoms with E-state index in [0.29, 0.717) is 22.0 Å². The molecule has 7 heteroatoms. The summed E-state index contributed by atoms with van der Waals surface area (Å²) in [5, 5.41) is 6.48. The van der Waals surface area contributed by atoms with Crippen LogP contribution in [0.2, 0.25) is 10.0 Å². The number of hydrogen-bond acceptors (Lipinski definition) is 3. The van der Waals surface area contributed by atoms with Gasteiger partial charge in [0.15, 0.2) is 0 Å². The number of nitrogens with zero attached hydrogens (tertiary/aromatic N) is 1. The van der Waals surface area contributed by atoms with Crippen molar-refractivity contribution in [2.75, 3.05) is 14.1 Å². The highest BCUT2D eigenvalue weighted by Crippen LogP contribution is 2.21. The minimum absolute atomic E-state index is 0.210. The Labute approximate surface area is 139 Å². The van der Waals surface area contributed by atoms with Crippen LogP contribution in [0.5, 0.6) is 0 Å². The van der Waals surface area contributed by atoms with Gasteiger partial charge < -0.3 is 15.5 Å². The lowest BCUT2D eigenvalue weighted by Crippen LogP contribution is -2.41. The molecule has 118 valence electrons. The molecule has 2 rings (SSSR count). The van der Waals surface area contributed by atoms with E-state index in [2.05, 4.69) is 10.6 Å². The molecule has 0 unspecified atom stereocenters. The Morgan fingerprint density at radius 1 is 1.45 bits per heavy atom. The van der Waals surface area contributed by atoms with Crippen molar-refractivity contribution < 1.29 is 9.59 Å². The summed E-state index contributed by atoms with van der Waals surface area (Å²) in [7, 11) is 3.66. The third-order valence-electron chi connectivity index (χ3n) is 3.22. The highest BCUT2D eigenvalue weighted by molar-refractivity contribution is 6.35. The van der Waals surface area contributed by atoms with Crippen LogP contribution in [-0.2, 0) is 16.1 Å². The van der Waals surface area contributed by atoms with Gasteiger partial charge in [-0.15, -0.1) is 0 Å². The molecule has 1 saturated heterocycles. The molecule has 1 aromatic carbocycles. The first kappa shape index (κ1) is 16.6. The SMILES string of the molecule is CN(C)/C=C1\C[C@@H](C(=O)NCc2ccc(Cl)cc2Cl)NC1=O. The van der Waals surface area contributed by atoms with Crippen LogP contribution in [0.1, 0.15) is 12.0 Å². The Kier molecular flexibility index (Phi) is 5.32. The summed E-state index contributed by atoms with van der Waals surface area (Å²) in [5.41, 5.74) is 1.36. The molecular formula is C15H17Cl2N3O2. The van der Waals surface area contributed by atoms with E-state index < -0.39 is 6.04 Å². The molecule has 0 radical (unpaired) electrons. The largest absolute Gasteiger partial charge is 0.383 e. The number of halogens is 2. The molecule has 1 aliphatic rings. The molecule has 0 spiro atoms. The van der Waals surface area contributed by atoms with E-state index in [-0.39, 0.29) is 18.4 Å². The maximum Gasteiger partial charge on any atom is 0.249 e. The predicted octanol–water partition coefficient (Wildman–Crippen LogP) is 1.94. The quantitative estimate of drug-likeness (QED) is 0.822. The van der Waals surface area contributed by atoms with Gasteiger partial charge in [0.05, 0.1) is 0 Å². The number of carbonyl (C=O) groups is 2. The Balaban J connectivity index is 1.95. The summed E-state index contributed by atoms with van der Waals surface area (Å²) in [6.45, 7) is 0.286. The lowest BCUT2D eigenvalue weighted by Gasteiger charge is -2.11. The van der Waals surface area contributed by atoms with Crippen molar-refractivity contribution in [1.82, 2.24) is 15.5 Å². The number of amides is 2. The van der Waals surface area contributed by atoms with Gasteiger partial charge in [0.1, 0.15) is 6.04 Å². The Hall–Kier alpha value is -1.72. The van der Waals surface area contributed by atoms with Gasteiger partial charge in [-0.1, -0.05) is 29.3 Å². The van der Waals surface area contributed by atoms with Gasteiger partial charge in [-0.05, 0) is 17.7 Å². The summed E-state index contributed by atoms with van der Waals surface area (Å²) in [6, 6.07) is 4.55. The minimum atomic E-state index is -0.551. The van der Waals surface area contributed by atoms with E-state index in [4.69, 9.17) is 23.2 Å². The maximum absolute atomic E-state index is 12.1. The van der Waals surface area contributed by atoms with Crippen molar-refractivity contribution in [3.8, 4) is 0 Å². The predicted molar refractivity (Wildman–Crippen MR) is 86.6 cm³/mol. The van der Waals surface area contributed by atoms with Crippen LogP contribution in [0, 0.1) is 0 Å². The molecule has 1 aliphatic heterocycles. The summed E-state index contributed by atoms with van der Waals surface area (Å²) in [5.74, 6) is -0.445. The molecule has 1 aromatic rings. The third-order valence-corrected chi connectivity index (χ3v) is 3.81. The molecule has 1 fully saturated rings. The summed E-state index contributed by atoms with van der Waals surface area (Å²) in [4.78, 5) is 25.7. The Morgan fingerprint density at radius 2 is 2.18 bits per heavy atom. The number of nitrogens with one attached hydrogen (secondary N) is 2. The van der Waals surface area contributed by atoms with E-state index >= 15 is 0 Å². The van der Waals surface area contributed by atoms with Gasteiger partial charge in [0, 0.05) is 48.9 Å². The van der Waals surface area contributed by atoms with E-state index in [9.17, 15) is 9.59 Å². The van der Waals surface area contributed by atoms with Crippen molar-refractivity contribution in [2.45, 2.75) is 19.0 Å². The summed E-state index contributed by atoms with van der Waals surface area (Å²) < 4.78 is 0. The molecule has 1 atom stereocenters. The van der Waals surface area contributed by atoms with Gasteiger partial charge >= 0.3 is 0 Å². The standard InChI is InChI=1S/C15H17Cl2N3O2/c1-20(2)8-10-5-13(19-14(10)21)15(22)18-7-9-3-4-11(16)6-12(9)17/h3-4,6,8,13H,5,7H2,1-2H3,(H,18,22)(H,19,21)/b10-8+/t13-/m0/s1. The van der Waals surface area contributed by atoms with Gasteiger partial charge in [0.25, 0.3) is 0 Å². The molecular weight excluding hydrogens is 325 g/mol. The second kappa shape index (κ2) is 7.03. The van der Waals surface area contributed by atoms with E-state index in [0.717, 1.165) is 5.56 Å². The molecule has 0 saturated carbocycles. The zero-order valence-electron chi connectivity index (χ0n) is 12.3. The number of benzene rings is 1. The van der Waals surface area contributed by atoms with Crippen LogP contribution < -0.4 is 10.6 Å². The van der Waals surface area contributed by atoms with E-state index in [1.165, 1.54) is 0 Å². The lowest BCUT2D eigenvalue weighted by molar-refractivity contribution is -0.125. The fourth-order valence-electron chi connectivity index (χ4n) is 2.17. The average Bonchev–Trinajstić information content (AvgIpc) is 2.78. The monoisotopic (exact) mass is 341 g/mol. The number of rotatable bonds is 4. The third kappa shape index (κ3) is 4.15. The van der Waals surface area contributed by atoms with Crippen LogP contribution in [0.25, 0.3) is 0 Å². The summed E-state index contributed by atoms with van der Waals surface area (Å²) >= 11 is 11.9. The van der Waals surface area contributed by atoms with Crippen LogP contribution in [-0.4, -0.2) is 36.9 Å². The average molecular weight is 342 g/mol. The highest BCUT2D eigenvalue weighted by atomic mass is 35.5. The van der Waals surface area contributed by atoms with Crippen molar-refractivity contribution >= 4 is 35.0 Å². The minimum Gasteiger partial charge on any atom is -0.383 e. The molecule has 2 N–H and O–H groups in total. The van der Waals surface area contributed by atoms with Crippen LogP contribution >= 0.6 is 23.2 Å². The molecule has 2 amide bonds. The Morgan fingerprint density at radius 3 is 2.82 bits per heavy atom. The van der Waals surface area contributed by atoms with Crippen LogP contribution in [0.15, 0.2) is 30.0 Å². The zero-order chi connectivity index (χ0) is 16.3. The van der Waals surface area contributed by atoms with Crippen molar-refractivity contribution in [1.29, 1.82) is 0 Å². The normalized spacial score (nSPS) is 19.2. The van der Waals surface area contributed by atoms with Gasteiger partial charge in [-0.25, -0.2) is 0 Å².